The molecule has 0 saturated carbocycles. The highest BCUT2D eigenvalue weighted by molar-refractivity contribution is 5.76. The summed E-state index contributed by atoms with van der Waals surface area (Å²) in [5.41, 5.74) is 1.53. The van der Waals surface area contributed by atoms with Crippen LogP contribution in [0.4, 0.5) is 14.9 Å². The largest absolute Gasteiger partial charge is 0.497 e. The molecule has 0 unspecified atom stereocenters. The molecule has 1 fully saturated rings. The quantitative estimate of drug-likeness (QED) is 0.915. The number of halogens is 1. The molecule has 26 heavy (non-hydrogen) atoms. The first-order valence-electron chi connectivity index (χ1n) is 8.53. The molecule has 136 valence electrons. The Morgan fingerprint density at radius 3 is 2.62 bits per heavy atom. The van der Waals surface area contributed by atoms with Crippen LogP contribution in [0.15, 0.2) is 54.7 Å². The monoisotopic (exact) mass is 355 g/mol. The molecule has 2 amide bonds. The molecule has 5 nitrogen and oxygen atoms in total. The lowest BCUT2D eigenvalue weighted by atomic mass is 10.2. The number of anilines is 1. The number of para-hydroxylation sites is 1. The van der Waals surface area contributed by atoms with Crippen LogP contribution in [0.1, 0.15) is 5.56 Å². The number of hydrogen-bond acceptors (Lipinski definition) is 3. The van der Waals surface area contributed by atoms with Crippen molar-refractivity contribution >= 4 is 17.8 Å². The Hall–Kier alpha value is -3.02. The number of carbonyl (C=O) groups excluding carboxylic acids is 1. The third kappa shape index (κ3) is 4.33. The van der Waals surface area contributed by atoms with Crippen LogP contribution >= 0.6 is 0 Å². The first kappa shape index (κ1) is 17.8. The Kier molecular flexibility index (Phi) is 5.73. The molecule has 0 aliphatic carbocycles. The standard InChI is InChI=1S/C20H22FN3O2/c1-26-17-6-4-5-16(15-17)9-10-22-20(25)24-13-11-23(12-14-24)19-8-3-2-7-18(19)21/h2-10,15H,11-14H2,1H3,(H,22,25)/b10-9+. The maximum absolute atomic E-state index is 13.9. The highest BCUT2D eigenvalue weighted by Gasteiger charge is 2.22. The van der Waals surface area contributed by atoms with Crippen molar-refractivity contribution in [2.45, 2.75) is 0 Å². The predicted molar refractivity (Wildman–Crippen MR) is 101 cm³/mol. The van der Waals surface area contributed by atoms with Gasteiger partial charge in [0.05, 0.1) is 12.8 Å². The smallest absolute Gasteiger partial charge is 0.321 e. The zero-order chi connectivity index (χ0) is 18.4. The van der Waals surface area contributed by atoms with Gasteiger partial charge in [-0.1, -0.05) is 24.3 Å². The molecule has 0 aromatic heterocycles. The molecule has 0 bridgehead atoms. The van der Waals surface area contributed by atoms with E-state index >= 15 is 0 Å². The van der Waals surface area contributed by atoms with Crippen LogP contribution in [0.5, 0.6) is 5.75 Å². The minimum Gasteiger partial charge on any atom is -0.497 e. The van der Waals surface area contributed by atoms with Gasteiger partial charge >= 0.3 is 6.03 Å². The van der Waals surface area contributed by atoms with Crippen molar-refractivity contribution in [2.24, 2.45) is 0 Å². The number of ether oxygens (including phenoxy) is 1. The summed E-state index contributed by atoms with van der Waals surface area (Å²) in [7, 11) is 1.62. The molecule has 1 N–H and O–H groups in total. The molecule has 3 rings (SSSR count). The number of nitrogens with zero attached hydrogens (tertiary/aromatic N) is 2. The molecular formula is C20H22FN3O2. The van der Waals surface area contributed by atoms with E-state index in [4.69, 9.17) is 4.74 Å². The van der Waals surface area contributed by atoms with Crippen LogP contribution < -0.4 is 15.0 Å². The van der Waals surface area contributed by atoms with Crippen molar-refractivity contribution in [3.05, 3.63) is 66.1 Å². The first-order chi connectivity index (χ1) is 12.7. The van der Waals surface area contributed by atoms with Crippen LogP contribution in [0, 0.1) is 5.82 Å². The zero-order valence-electron chi connectivity index (χ0n) is 14.7. The Labute approximate surface area is 152 Å². The highest BCUT2D eigenvalue weighted by Crippen LogP contribution is 2.20. The molecule has 1 heterocycles. The van der Waals surface area contributed by atoms with E-state index in [1.54, 1.807) is 30.3 Å². The summed E-state index contributed by atoms with van der Waals surface area (Å²) in [6.45, 7) is 2.31. The third-order valence-electron chi connectivity index (χ3n) is 4.34. The van der Waals surface area contributed by atoms with E-state index in [0.717, 1.165) is 11.3 Å². The summed E-state index contributed by atoms with van der Waals surface area (Å²) in [5.74, 6) is 0.536. The van der Waals surface area contributed by atoms with Gasteiger partial charge in [0.15, 0.2) is 0 Å². The Morgan fingerprint density at radius 2 is 1.88 bits per heavy atom. The summed E-state index contributed by atoms with van der Waals surface area (Å²) < 4.78 is 19.0. The molecule has 1 aliphatic heterocycles. The molecule has 2 aromatic rings. The number of methoxy groups -OCH3 is 1. The van der Waals surface area contributed by atoms with Crippen molar-refractivity contribution in [1.29, 1.82) is 0 Å². The van der Waals surface area contributed by atoms with Crippen molar-refractivity contribution in [1.82, 2.24) is 10.2 Å². The van der Waals surface area contributed by atoms with Gasteiger partial charge in [0.25, 0.3) is 0 Å². The SMILES string of the molecule is COc1cccc(/C=C/NC(=O)N2CCN(c3ccccc3F)CC2)c1. The van der Waals surface area contributed by atoms with E-state index < -0.39 is 0 Å². The van der Waals surface area contributed by atoms with Gasteiger partial charge in [0, 0.05) is 32.4 Å². The van der Waals surface area contributed by atoms with E-state index in [1.807, 2.05) is 41.3 Å². The first-order valence-corrected chi connectivity index (χ1v) is 8.53. The molecule has 0 radical (unpaired) electrons. The van der Waals surface area contributed by atoms with Gasteiger partial charge in [0.1, 0.15) is 11.6 Å². The molecule has 0 spiro atoms. The second-order valence-electron chi connectivity index (χ2n) is 5.98. The van der Waals surface area contributed by atoms with Crippen molar-refractivity contribution in [2.75, 3.05) is 38.2 Å². The topological polar surface area (TPSA) is 44.8 Å². The van der Waals surface area contributed by atoms with Crippen LogP contribution in [-0.4, -0.2) is 44.2 Å². The lowest BCUT2D eigenvalue weighted by Gasteiger charge is -2.35. The average Bonchev–Trinajstić information content (AvgIpc) is 2.68. The summed E-state index contributed by atoms with van der Waals surface area (Å²) in [6.07, 6.45) is 3.44. The number of piperazine rings is 1. The molecule has 0 atom stereocenters. The van der Waals surface area contributed by atoms with Gasteiger partial charge in [-0.15, -0.1) is 0 Å². The maximum atomic E-state index is 13.9. The van der Waals surface area contributed by atoms with E-state index in [2.05, 4.69) is 5.32 Å². The summed E-state index contributed by atoms with van der Waals surface area (Å²) in [6, 6.07) is 14.1. The number of rotatable bonds is 4. The van der Waals surface area contributed by atoms with Gasteiger partial charge in [-0.25, -0.2) is 9.18 Å². The zero-order valence-corrected chi connectivity index (χ0v) is 14.7. The summed E-state index contributed by atoms with van der Waals surface area (Å²) in [5, 5.41) is 2.78. The Balaban J connectivity index is 1.50. The lowest BCUT2D eigenvalue weighted by molar-refractivity contribution is 0.198. The fourth-order valence-corrected chi connectivity index (χ4v) is 2.90. The minimum absolute atomic E-state index is 0.155. The predicted octanol–water partition coefficient (Wildman–Crippen LogP) is 3.34. The second kappa shape index (κ2) is 8.38. The van der Waals surface area contributed by atoms with Crippen molar-refractivity contribution in [3.8, 4) is 5.75 Å². The fourth-order valence-electron chi connectivity index (χ4n) is 2.90. The number of benzene rings is 2. The second-order valence-corrected chi connectivity index (χ2v) is 5.98. The average molecular weight is 355 g/mol. The summed E-state index contributed by atoms with van der Waals surface area (Å²) in [4.78, 5) is 16.0. The number of amides is 2. The van der Waals surface area contributed by atoms with Crippen LogP contribution in [0.25, 0.3) is 6.08 Å². The maximum Gasteiger partial charge on any atom is 0.321 e. The van der Waals surface area contributed by atoms with Gasteiger partial charge in [-0.3, -0.25) is 0 Å². The van der Waals surface area contributed by atoms with Crippen LogP contribution in [0.2, 0.25) is 0 Å². The highest BCUT2D eigenvalue weighted by atomic mass is 19.1. The number of carbonyl (C=O) groups is 1. The lowest BCUT2D eigenvalue weighted by Crippen LogP contribution is -2.51. The normalized spacial score (nSPS) is 14.5. The van der Waals surface area contributed by atoms with Gasteiger partial charge in [-0.2, -0.15) is 0 Å². The van der Waals surface area contributed by atoms with E-state index in [-0.39, 0.29) is 11.8 Å². The van der Waals surface area contributed by atoms with Crippen LogP contribution in [0.3, 0.4) is 0 Å². The van der Waals surface area contributed by atoms with E-state index in [0.29, 0.717) is 31.9 Å². The Morgan fingerprint density at radius 1 is 1.12 bits per heavy atom. The van der Waals surface area contributed by atoms with Gasteiger partial charge in [0.2, 0.25) is 0 Å². The summed E-state index contributed by atoms with van der Waals surface area (Å²) >= 11 is 0. The fraction of sp³-hybridized carbons (Fsp3) is 0.250. The van der Waals surface area contributed by atoms with E-state index in [9.17, 15) is 9.18 Å². The van der Waals surface area contributed by atoms with Gasteiger partial charge < -0.3 is 19.9 Å². The molecule has 2 aromatic carbocycles. The van der Waals surface area contributed by atoms with Crippen LogP contribution in [-0.2, 0) is 0 Å². The van der Waals surface area contributed by atoms with Crippen molar-refractivity contribution in [3.63, 3.8) is 0 Å². The Bertz CT molecular complexity index is 786. The molecular weight excluding hydrogens is 333 g/mol. The molecule has 1 aliphatic rings. The van der Waals surface area contributed by atoms with Crippen molar-refractivity contribution < 1.29 is 13.9 Å². The number of urea groups is 1. The number of nitrogens with one attached hydrogen (secondary N) is 1. The molecule has 6 heteroatoms. The molecule has 1 saturated heterocycles. The van der Waals surface area contributed by atoms with E-state index in [1.165, 1.54) is 6.07 Å². The number of hydrogen-bond donors (Lipinski definition) is 1. The minimum atomic E-state index is -0.230. The van der Waals surface area contributed by atoms with Gasteiger partial charge in [-0.05, 0) is 35.9 Å². The third-order valence-corrected chi connectivity index (χ3v) is 4.34.